The lowest BCUT2D eigenvalue weighted by molar-refractivity contribution is 0.154. The Balaban J connectivity index is 1.11. The molecule has 7 nitrogen and oxygen atoms in total. The first-order chi connectivity index (χ1) is 22.1. The molecule has 7 heteroatoms. The Labute approximate surface area is 260 Å². The third-order valence-electron chi connectivity index (χ3n) is 9.65. The van der Waals surface area contributed by atoms with E-state index >= 15 is 0 Å². The molecule has 3 atom stereocenters. The molecule has 3 unspecified atom stereocenters. The molecular weight excluding hydrogens is 556 g/mol. The van der Waals surface area contributed by atoms with Crippen molar-refractivity contribution >= 4 is 44.8 Å². The molecule has 6 aromatic rings. The zero-order chi connectivity index (χ0) is 29.7. The molecule has 10 rings (SSSR count). The molecule has 1 aliphatic carbocycles. The van der Waals surface area contributed by atoms with Gasteiger partial charge in [-0.05, 0) is 91.9 Å². The van der Waals surface area contributed by atoms with Gasteiger partial charge >= 0.3 is 0 Å². The minimum Gasteiger partial charge on any atom is -0.482 e. The monoisotopic (exact) mass is 586 g/mol. The van der Waals surface area contributed by atoms with Gasteiger partial charge in [-0.15, -0.1) is 0 Å². The van der Waals surface area contributed by atoms with Crippen LogP contribution in [0.4, 0.5) is 22.7 Å². The summed E-state index contributed by atoms with van der Waals surface area (Å²) in [6.45, 7) is 2.19. The first-order valence-corrected chi connectivity index (χ1v) is 15.4. The van der Waals surface area contributed by atoms with Crippen LogP contribution in [-0.4, -0.2) is 26.7 Å². The highest BCUT2D eigenvalue weighted by Crippen LogP contribution is 2.54. The van der Waals surface area contributed by atoms with E-state index in [9.17, 15) is 0 Å². The van der Waals surface area contributed by atoms with Crippen LogP contribution in [0.2, 0.25) is 0 Å². The minimum absolute atomic E-state index is 0.0325. The lowest BCUT2D eigenvalue weighted by atomic mass is 9.81. The molecule has 4 heterocycles. The van der Waals surface area contributed by atoms with Crippen molar-refractivity contribution < 1.29 is 4.74 Å². The zero-order valence-corrected chi connectivity index (χ0v) is 24.6. The molecular formula is C38H30N6O. The average molecular weight is 587 g/mol. The summed E-state index contributed by atoms with van der Waals surface area (Å²) in [6, 6.07) is 40.4. The average Bonchev–Trinajstić information content (AvgIpc) is 3.65. The second-order valence-corrected chi connectivity index (χ2v) is 12.3. The quantitative estimate of drug-likeness (QED) is 0.190. The molecule has 218 valence electrons. The largest absolute Gasteiger partial charge is 0.482 e. The fourth-order valence-corrected chi connectivity index (χ4v) is 7.51. The highest BCUT2D eigenvalue weighted by molar-refractivity contribution is 5.94. The van der Waals surface area contributed by atoms with Gasteiger partial charge in [-0.2, -0.15) is 0 Å². The SMILES string of the molecule is CC12C=CC(N3c4ccccc4N4c5ccccc5NC34)=CC1c1cc(-n3[nH]c4ccccc4[nH]c4ccccc43)ccc1O2. The molecule has 5 aromatic carbocycles. The van der Waals surface area contributed by atoms with E-state index in [4.69, 9.17) is 4.74 Å². The number of nitrogens with one attached hydrogen (secondary N) is 3. The third kappa shape index (κ3) is 3.46. The van der Waals surface area contributed by atoms with Crippen molar-refractivity contribution in [2.45, 2.75) is 24.7 Å². The van der Waals surface area contributed by atoms with Crippen molar-refractivity contribution in [1.29, 1.82) is 0 Å². The summed E-state index contributed by atoms with van der Waals surface area (Å²) >= 11 is 0. The Morgan fingerprint density at radius 3 is 2.29 bits per heavy atom. The summed E-state index contributed by atoms with van der Waals surface area (Å²) in [4.78, 5) is 8.43. The lowest BCUT2D eigenvalue weighted by Crippen LogP contribution is -2.43. The van der Waals surface area contributed by atoms with E-state index in [-0.39, 0.29) is 12.2 Å². The van der Waals surface area contributed by atoms with Crippen LogP contribution in [0.3, 0.4) is 0 Å². The molecule has 3 N–H and O–H groups in total. The number of ether oxygens (including phenoxy) is 1. The summed E-state index contributed by atoms with van der Waals surface area (Å²) in [6.07, 6.45) is 6.81. The lowest BCUT2D eigenvalue weighted by Gasteiger charge is -2.34. The van der Waals surface area contributed by atoms with Gasteiger partial charge < -0.3 is 19.9 Å². The van der Waals surface area contributed by atoms with Gasteiger partial charge in [-0.3, -0.25) is 14.7 Å². The Hall–Kier alpha value is -5.82. The van der Waals surface area contributed by atoms with E-state index in [0.29, 0.717) is 0 Å². The number of aromatic nitrogens is 3. The smallest absolute Gasteiger partial charge is 0.187 e. The van der Waals surface area contributed by atoms with E-state index in [2.05, 4.69) is 170 Å². The zero-order valence-electron chi connectivity index (χ0n) is 24.6. The second kappa shape index (κ2) is 8.86. The van der Waals surface area contributed by atoms with Gasteiger partial charge in [0.2, 0.25) is 0 Å². The highest BCUT2D eigenvalue weighted by atomic mass is 16.5. The summed E-state index contributed by atoms with van der Waals surface area (Å²) in [5.41, 5.74) is 11.8. The number of allylic oxidation sites excluding steroid dienone is 1. The topological polar surface area (TPSA) is 64.2 Å². The fraction of sp³-hybridized carbons (Fsp3) is 0.105. The van der Waals surface area contributed by atoms with Gasteiger partial charge in [0.1, 0.15) is 11.4 Å². The van der Waals surface area contributed by atoms with Gasteiger partial charge in [0.15, 0.2) is 6.29 Å². The number of benzene rings is 5. The van der Waals surface area contributed by atoms with Crippen LogP contribution in [0, 0.1) is 0 Å². The van der Waals surface area contributed by atoms with Crippen molar-refractivity contribution in [1.82, 2.24) is 14.8 Å². The maximum atomic E-state index is 6.68. The number of fused-ring (bicyclic) bond motifs is 10. The number of nitrogens with zero attached hydrogens (tertiary/aromatic N) is 3. The van der Waals surface area contributed by atoms with Crippen molar-refractivity contribution in [2.24, 2.45) is 0 Å². The second-order valence-electron chi connectivity index (χ2n) is 12.3. The molecule has 3 aliphatic heterocycles. The number of anilines is 4. The van der Waals surface area contributed by atoms with Gasteiger partial charge in [0.05, 0.1) is 56.4 Å². The first-order valence-electron chi connectivity index (χ1n) is 15.4. The third-order valence-corrected chi connectivity index (χ3v) is 9.65. The number of hydrogen-bond donors (Lipinski definition) is 3. The van der Waals surface area contributed by atoms with Gasteiger partial charge in [-0.25, -0.2) is 0 Å². The van der Waals surface area contributed by atoms with E-state index in [1.165, 1.54) is 22.6 Å². The molecule has 0 amide bonds. The first kappa shape index (κ1) is 24.6. The highest BCUT2D eigenvalue weighted by Gasteiger charge is 2.47. The van der Waals surface area contributed by atoms with E-state index in [1.807, 2.05) is 0 Å². The van der Waals surface area contributed by atoms with Crippen LogP contribution >= 0.6 is 0 Å². The molecule has 0 saturated carbocycles. The van der Waals surface area contributed by atoms with Crippen LogP contribution in [0.25, 0.3) is 27.8 Å². The van der Waals surface area contributed by atoms with Gasteiger partial charge in [0.25, 0.3) is 0 Å². The van der Waals surface area contributed by atoms with Crippen LogP contribution in [-0.2, 0) is 0 Å². The van der Waals surface area contributed by atoms with Crippen LogP contribution in [0.1, 0.15) is 18.4 Å². The molecule has 0 radical (unpaired) electrons. The minimum atomic E-state index is -0.478. The Kier molecular flexibility index (Phi) is 4.84. The van der Waals surface area contributed by atoms with Crippen LogP contribution in [0.5, 0.6) is 5.75 Å². The van der Waals surface area contributed by atoms with Crippen LogP contribution < -0.4 is 19.9 Å². The Morgan fingerprint density at radius 1 is 0.711 bits per heavy atom. The van der Waals surface area contributed by atoms with Crippen molar-refractivity contribution in [2.75, 3.05) is 15.1 Å². The summed E-state index contributed by atoms with van der Waals surface area (Å²) in [7, 11) is 0. The molecule has 0 fully saturated rings. The Morgan fingerprint density at radius 2 is 1.42 bits per heavy atom. The predicted octanol–water partition coefficient (Wildman–Crippen LogP) is 8.62. The van der Waals surface area contributed by atoms with Gasteiger partial charge in [-0.1, -0.05) is 48.5 Å². The summed E-state index contributed by atoms with van der Waals surface area (Å²) in [5.74, 6) is 0.954. The van der Waals surface area contributed by atoms with Crippen molar-refractivity contribution in [3.63, 3.8) is 0 Å². The molecule has 0 spiro atoms. The van der Waals surface area contributed by atoms with Crippen molar-refractivity contribution in [3.8, 4) is 11.4 Å². The predicted molar refractivity (Wildman–Crippen MR) is 181 cm³/mol. The van der Waals surface area contributed by atoms with E-state index in [1.54, 1.807) is 0 Å². The summed E-state index contributed by atoms with van der Waals surface area (Å²) in [5, 5.41) is 7.46. The van der Waals surface area contributed by atoms with E-state index < -0.39 is 5.60 Å². The number of rotatable bonds is 2. The van der Waals surface area contributed by atoms with Crippen molar-refractivity contribution in [3.05, 3.63) is 145 Å². The standard InChI is InChI=1S/C38H30N6O/c1-38-21-20-24(42-34-16-8-9-17-35(34)43-32-14-6-4-12-30(32)40-37(42)43)23-27(38)26-22-25(18-19-36(26)45-38)44-33-15-7-5-13-31(33)39-28-10-2-3-11-29(28)41-44/h2-23,27,37,39-41H,1H3. The fourth-order valence-electron chi connectivity index (χ4n) is 7.51. The molecule has 1 aromatic heterocycles. The number of hydrogen-bond acceptors (Lipinski definition) is 4. The molecule has 0 bridgehead atoms. The Bertz CT molecular complexity index is 2300. The molecule has 4 aliphatic rings. The number of para-hydroxylation sites is 8. The van der Waals surface area contributed by atoms with Gasteiger partial charge in [0, 0.05) is 11.3 Å². The van der Waals surface area contributed by atoms with E-state index in [0.717, 1.165) is 44.9 Å². The number of H-pyrrole nitrogens is 2. The summed E-state index contributed by atoms with van der Waals surface area (Å²) < 4.78 is 8.85. The molecule has 0 saturated heterocycles. The van der Waals surface area contributed by atoms with Crippen LogP contribution in [0.15, 0.2) is 139 Å². The normalized spacial score (nSPS) is 21.8. The maximum absolute atomic E-state index is 6.68. The number of aromatic amines is 2. The molecule has 45 heavy (non-hydrogen) atoms. The maximum Gasteiger partial charge on any atom is 0.187 e.